The highest BCUT2D eigenvalue weighted by Gasteiger charge is 2.45. The van der Waals surface area contributed by atoms with Gasteiger partial charge < -0.3 is 20.9 Å². The van der Waals surface area contributed by atoms with E-state index >= 15 is 0 Å². The molecule has 2 amide bonds. The first-order valence-corrected chi connectivity index (χ1v) is 11.1. The van der Waals surface area contributed by atoms with Gasteiger partial charge in [0.25, 0.3) is 5.91 Å². The van der Waals surface area contributed by atoms with Gasteiger partial charge in [0.2, 0.25) is 5.91 Å². The Labute approximate surface area is 202 Å². The first kappa shape index (κ1) is 24.9. The molecule has 34 heavy (non-hydrogen) atoms. The van der Waals surface area contributed by atoms with Gasteiger partial charge in [0.1, 0.15) is 5.82 Å². The summed E-state index contributed by atoms with van der Waals surface area (Å²) in [5.74, 6) is -2.36. The van der Waals surface area contributed by atoms with E-state index in [1.165, 1.54) is 35.2 Å². The van der Waals surface area contributed by atoms with E-state index in [1.807, 2.05) is 19.9 Å². The number of anilines is 1. The minimum Gasteiger partial charge on any atom is -0.394 e. The number of nitriles is 1. The van der Waals surface area contributed by atoms with Crippen molar-refractivity contribution in [2.75, 3.05) is 18.9 Å². The molecule has 0 aliphatic carbocycles. The standard InChI is InChI=1S/C25H25ClFN5O2/c1-14(2)13-32-23(16(11-29)12-30-3)22(20-5-4-18(27)9-21(20)25(32)34)24(33)31-19-7-15(10-28)6-17(26)8-19/h4-9,11-12,14,22-23,29-30H,13H2,1-3H3,(H,31,33)/b16-12+,29-11?/t22?,23-/m1/s1. The summed E-state index contributed by atoms with van der Waals surface area (Å²) in [4.78, 5) is 28.7. The van der Waals surface area contributed by atoms with Gasteiger partial charge in [-0.3, -0.25) is 9.59 Å². The van der Waals surface area contributed by atoms with Crippen molar-refractivity contribution in [2.24, 2.45) is 5.92 Å². The molecule has 1 unspecified atom stereocenters. The number of carbonyl (C=O) groups excluding carboxylic acids is 2. The highest BCUT2D eigenvalue weighted by atomic mass is 35.5. The predicted molar refractivity (Wildman–Crippen MR) is 130 cm³/mol. The third-order valence-electron chi connectivity index (χ3n) is 5.45. The van der Waals surface area contributed by atoms with Gasteiger partial charge in [-0.1, -0.05) is 31.5 Å². The highest BCUT2D eigenvalue weighted by molar-refractivity contribution is 6.31. The van der Waals surface area contributed by atoms with Crippen molar-refractivity contribution in [3.8, 4) is 6.07 Å². The molecule has 0 saturated carbocycles. The molecule has 1 aliphatic rings. The van der Waals surface area contributed by atoms with Crippen molar-refractivity contribution in [3.05, 3.63) is 75.7 Å². The number of fused-ring (bicyclic) bond motifs is 1. The van der Waals surface area contributed by atoms with Crippen molar-refractivity contribution >= 4 is 35.3 Å². The fourth-order valence-electron chi connectivity index (χ4n) is 4.19. The lowest BCUT2D eigenvalue weighted by molar-refractivity contribution is -0.118. The van der Waals surface area contributed by atoms with Gasteiger partial charge in [0.15, 0.2) is 0 Å². The van der Waals surface area contributed by atoms with Gasteiger partial charge in [0, 0.05) is 47.9 Å². The summed E-state index contributed by atoms with van der Waals surface area (Å²) >= 11 is 6.09. The zero-order chi connectivity index (χ0) is 25.0. The Bertz CT molecular complexity index is 1200. The van der Waals surface area contributed by atoms with E-state index in [-0.39, 0.29) is 22.1 Å². The molecule has 0 spiro atoms. The minimum atomic E-state index is -0.947. The van der Waals surface area contributed by atoms with Crippen LogP contribution in [0.15, 0.2) is 48.2 Å². The van der Waals surface area contributed by atoms with E-state index in [9.17, 15) is 19.2 Å². The Hall–Kier alpha value is -3.70. The maximum Gasteiger partial charge on any atom is 0.254 e. The first-order valence-electron chi connectivity index (χ1n) is 10.7. The summed E-state index contributed by atoms with van der Waals surface area (Å²) in [5.41, 5.74) is 1.47. The lowest BCUT2D eigenvalue weighted by Crippen LogP contribution is -2.53. The molecule has 2 aromatic carbocycles. The Morgan fingerprint density at radius 2 is 2.06 bits per heavy atom. The summed E-state index contributed by atoms with van der Waals surface area (Å²) in [6.07, 6.45) is 2.67. The normalized spacial score (nSPS) is 17.7. The van der Waals surface area contributed by atoms with Gasteiger partial charge in [-0.15, -0.1) is 0 Å². The number of carbonyl (C=O) groups is 2. The second-order valence-electron chi connectivity index (χ2n) is 8.41. The van der Waals surface area contributed by atoms with E-state index in [0.717, 1.165) is 12.3 Å². The van der Waals surface area contributed by atoms with Crippen LogP contribution in [-0.4, -0.2) is 42.6 Å². The van der Waals surface area contributed by atoms with Crippen LogP contribution in [0.3, 0.4) is 0 Å². The smallest absolute Gasteiger partial charge is 0.254 e. The number of halogens is 2. The van der Waals surface area contributed by atoms with Crippen LogP contribution in [0.4, 0.5) is 10.1 Å². The molecule has 2 aromatic rings. The molecule has 9 heteroatoms. The fourth-order valence-corrected chi connectivity index (χ4v) is 4.42. The lowest BCUT2D eigenvalue weighted by atomic mass is 9.78. The van der Waals surface area contributed by atoms with Gasteiger partial charge in [0.05, 0.1) is 23.6 Å². The van der Waals surface area contributed by atoms with Crippen molar-refractivity contribution in [1.29, 1.82) is 10.7 Å². The third kappa shape index (κ3) is 5.10. The van der Waals surface area contributed by atoms with Gasteiger partial charge >= 0.3 is 0 Å². The number of hydrogen-bond acceptors (Lipinski definition) is 5. The van der Waals surface area contributed by atoms with E-state index in [2.05, 4.69) is 10.6 Å². The van der Waals surface area contributed by atoms with Crippen LogP contribution in [0.1, 0.15) is 41.3 Å². The number of hydrogen-bond donors (Lipinski definition) is 3. The Kier molecular flexibility index (Phi) is 7.69. The topological polar surface area (TPSA) is 109 Å². The van der Waals surface area contributed by atoms with Crippen LogP contribution in [0.25, 0.3) is 0 Å². The maximum absolute atomic E-state index is 14.1. The van der Waals surface area contributed by atoms with Crippen LogP contribution < -0.4 is 10.6 Å². The van der Waals surface area contributed by atoms with E-state index in [0.29, 0.717) is 23.4 Å². The second kappa shape index (κ2) is 10.5. The number of amides is 2. The van der Waals surface area contributed by atoms with Crippen molar-refractivity contribution in [3.63, 3.8) is 0 Å². The molecule has 0 saturated heterocycles. The molecule has 2 atom stereocenters. The molecule has 3 rings (SSSR count). The minimum absolute atomic E-state index is 0.0537. The van der Waals surface area contributed by atoms with Crippen LogP contribution >= 0.6 is 11.6 Å². The Balaban J connectivity index is 2.19. The highest BCUT2D eigenvalue weighted by Crippen LogP contribution is 2.38. The lowest BCUT2D eigenvalue weighted by Gasteiger charge is -2.42. The van der Waals surface area contributed by atoms with Crippen LogP contribution in [0.2, 0.25) is 5.02 Å². The van der Waals surface area contributed by atoms with Gasteiger partial charge in [-0.2, -0.15) is 5.26 Å². The molecule has 0 fully saturated rings. The molecule has 176 valence electrons. The van der Waals surface area contributed by atoms with Gasteiger partial charge in [-0.05, 0) is 41.8 Å². The molecular formula is C25H25ClFN5O2. The summed E-state index contributed by atoms with van der Waals surface area (Å²) in [6.45, 7) is 4.16. The average molecular weight is 482 g/mol. The Morgan fingerprint density at radius 1 is 1.32 bits per heavy atom. The zero-order valence-electron chi connectivity index (χ0n) is 19.0. The Morgan fingerprint density at radius 3 is 2.68 bits per heavy atom. The summed E-state index contributed by atoms with van der Waals surface area (Å²) in [6, 6.07) is 9.45. The molecule has 1 heterocycles. The number of rotatable bonds is 7. The molecular weight excluding hydrogens is 457 g/mol. The zero-order valence-corrected chi connectivity index (χ0v) is 19.8. The average Bonchev–Trinajstić information content (AvgIpc) is 2.78. The molecule has 0 bridgehead atoms. The fraction of sp³-hybridized carbons (Fsp3) is 0.280. The van der Waals surface area contributed by atoms with E-state index in [1.54, 1.807) is 13.2 Å². The monoisotopic (exact) mass is 481 g/mol. The SMILES string of the molecule is CN/C=C(\C=N)[C@@H]1C(C(=O)Nc2cc(Cl)cc(C#N)c2)c2ccc(F)cc2C(=O)N1CC(C)C. The summed E-state index contributed by atoms with van der Waals surface area (Å²) < 4.78 is 14.1. The predicted octanol–water partition coefficient (Wildman–Crippen LogP) is 4.31. The molecule has 1 aliphatic heterocycles. The maximum atomic E-state index is 14.1. The first-order chi connectivity index (χ1) is 16.2. The number of nitrogens with zero attached hydrogens (tertiary/aromatic N) is 2. The molecule has 3 N–H and O–H groups in total. The third-order valence-corrected chi connectivity index (χ3v) is 5.67. The molecule has 0 radical (unpaired) electrons. The van der Waals surface area contributed by atoms with Crippen LogP contribution in [-0.2, 0) is 4.79 Å². The van der Waals surface area contributed by atoms with Crippen molar-refractivity contribution < 1.29 is 14.0 Å². The van der Waals surface area contributed by atoms with Crippen LogP contribution in [0.5, 0.6) is 0 Å². The largest absolute Gasteiger partial charge is 0.394 e. The quantitative estimate of drug-likeness (QED) is 0.512. The number of nitrogens with one attached hydrogen (secondary N) is 3. The molecule has 0 aromatic heterocycles. The van der Waals surface area contributed by atoms with E-state index < -0.39 is 29.6 Å². The van der Waals surface area contributed by atoms with Crippen LogP contribution in [0, 0.1) is 28.5 Å². The van der Waals surface area contributed by atoms with E-state index in [4.69, 9.17) is 17.0 Å². The second-order valence-corrected chi connectivity index (χ2v) is 8.85. The number of benzene rings is 2. The summed E-state index contributed by atoms with van der Waals surface area (Å²) in [7, 11) is 1.66. The molecule has 7 nitrogen and oxygen atoms in total. The van der Waals surface area contributed by atoms with Gasteiger partial charge in [-0.25, -0.2) is 4.39 Å². The van der Waals surface area contributed by atoms with Crippen molar-refractivity contribution in [2.45, 2.75) is 25.8 Å². The van der Waals surface area contributed by atoms with Crippen molar-refractivity contribution in [1.82, 2.24) is 10.2 Å². The summed E-state index contributed by atoms with van der Waals surface area (Å²) in [5, 5.41) is 23.2.